The molecule has 1 aromatic carbocycles. The fourth-order valence-electron chi connectivity index (χ4n) is 4.80. The SMILES string of the molecule is CCCCCCOc1ccc(C2C(C(=O)c3sc(C)nc3C)=C(O)C(=O)N2CCCN(CC)CC)cc1. The molecule has 37 heavy (non-hydrogen) atoms. The van der Waals surface area contributed by atoms with Crippen LogP contribution in [0.1, 0.15) is 84.9 Å². The molecule has 0 spiro atoms. The van der Waals surface area contributed by atoms with E-state index in [1.165, 1.54) is 24.2 Å². The largest absolute Gasteiger partial charge is 0.503 e. The number of ether oxygens (including phenoxy) is 1. The average molecular weight is 528 g/mol. The van der Waals surface area contributed by atoms with Gasteiger partial charge >= 0.3 is 0 Å². The van der Waals surface area contributed by atoms with E-state index >= 15 is 0 Å². The summed E-state index contributed by atoms with van der Waals surface area (Å²) in [6.45, 7) is 13.9. The molecule has 3 rings (SSSR count). The molecule has 0 saturated heterocycles. The first-order valence-electron chi connectivity index (χ1n) is 13.5. The summed E-state index contributed by atoms with van der Waals surface area (Å²) in [6, 6.07) is 6.90. The molecule has 1 unspecified atom stereocenters. The van der Waals surface area contributed by atoms with E-state index < -0.39 is 17.7 Å². The van der Waals surface area contributed by atoms with Crippen LogP contribution in [0.3, 0.4) is 0 Å². The highest BCUT2D eigenvalue weighted by atomic mass is 32.1. The van der Waals surface area contributed by atoms with Crippen molar-refractivity contribution in [1.29, 1.82) is 0 Å². The Labute approximate surface area is 225 Å². The fraction of sp³-hybridized carbons (Fsp3) is 0.552. The lowest BCUT2D eigenvalue weighted by Gasteiger charge is -2.28. The van der Waals surface area contributed by atoms with Crippen molar-refractivity contribution >= 4 is 23.0 Å². The van der Waals surface area contributed by atoms with Gasteiger partial charge in [0, 0.05) is 6.54 Å². The second kappa shape index (κ2) is 13.7. The number of aromatic nitrogens is 1. The van der Waals surface area contributed by atoms with Gasteiger partial charge in [-0.2, -0.15) is 0 Å². The van der Waals surface area contributed by atoms with Crippen LogP contribution in [0.5, 0.6) is 5.75 Å². The minimum absolute atomic E-state index is 0.132. The summed E-state index contributed by atoms with van der Waals surface area (Å²) in [5.41, 5.74) is 1.53. The molecule has 1 aliphatic rings. The molecule has 2 heterocycles. The smallest absolute Gasteiger partial charge is 0.290 e. The number of carbonyl (C=O) groups excluding carboxylic acids is 2. The van der Waals surface area contributed by atoms with Crippen LogP contribution < -0.4 is 4.74 Å². The molecule has 1 atom stereocenters. The van der Waals surface area contributed by atoms with Gasteiger partial charge in [0.25, 0.3) is 5.91 Å². The molecule has 1 aromatic heterocycles. The van der Waals surface area contributed by atoms with Crippen LogP contribution in [-0.2, 0) is 4.79 Å². The Balaban J connectivity index is 1.87. The summed E-state index contributed by atoms with van der Waals surface area (Å²) in [5, 5.41) is 11.7. The average Bonchev–Trinajstić information content (AvgIpc) is 3.36. The number of thiazole rings is 1. The van der Waals surface area contributed by atoms with E-state index in [1.807, 2.05) is 31.2 Å². The van der Waals surface area contributed by atoms with Gasteiger partial charge in [-0.3, -0.25) is 9.59 Å². The first-order valence-corrected chi connectivity index (χ1v) is 14.3. The van der Waals surface area contributed by atoms with Crippen LogP contribution >= 0.6 is 11.3 Å². The number of aliphatic hydroxyl groups is 1. The van der Waals surface area contributed by atoms with Crippen LogP contribution in [0.25, 0.3) is 0 Å². The van der Waals surface area contributed by atoms with Crippen molar-refractivity contribution in [2.45, 2.75) is 72.8 Å². The van der Waals surface area contributed by atoms with Gasteiger partial charge in [0.15, 0.2) is 5.76 Å². The molecule has 0 radical (unpaired) electrons. The fourth-order valence-corrected chi connectivity index (χ4v) is 5.67. The van der Waals surface area contributed by atoms with Crippen LogP contribution in [0.2, 0.25) is 0 Å². The summed E-state index contributed by atoms with van der Waals surface area (Å²) >= 11 is 1.29. The van der Waals surface area contributed by atoms with Crippen molar-refractivity contribution < 1.29 is 19.4 Å². The van der Waals surface area contributed by atoms with Crippen molar-refractivity contribution in [1.82, 2.24) is 14.8 Å². The Bertz CT molecular complexity index is 1090. The Morgan fingerprint density at radius 3 is 2.38 bits per heavy atom. The Morgan fingerprint density at radius 1 is 1.08 bits per heavy atom. The number of hydrogen-bond donors (Lipinski definition) is 1. The summed E-state index contributed by atoms with van der Waals surface area (Å²) in [5.74, 6) is -0.531. The van der Waals surface area contributed by atoms with Gasteiger partial charge in [0.1, 0.15) is 5.75 Å². The lowest BCUT2D eigenvalue weighted by Crippen LogP contribution is -2.34. The van der Waals surface area contributed by atoms with Crippen LogP contribution in [-0.4, -0.2) is 64.4 Å². The molecule has 0 saturated carbocycles. The van der Waals surface area contributed by atoms with Crippen LogP contribution in [0, 0.1) is 13.8 Å². The van der Waals surface area contributed by atoms with Gasteiger partial charge in [-0.25, -0.2) is 4.98 Å². The zero-order valence-electron chi connectivity index (χ0n) is 22.9. The molecule has 0 aliphatic carbocycles. The highest BCUT2D eigenvalue weighted by Gasteiger charge is 2.44. The van der Waals surface area contributed by atoms with Gasteiger partial charge in [-0.1, -0.05) is 52.2 Å². The van der Waals surface area contributed by atoms with Crippen molar-refractivity contribution in [3.8, 4) is 5.75 Å². The molecule has 1 aliphatic heterocycles. The first-order chi connectivity index (χ1) is 17.8. The number of amides is 1. The van der Waals surface area contributed by atoms with Gasteiger partial charge in [-0.05, 0) is 64.0 Å². The number of rotatable bonds is 15. The van der Waals surface area contributed by atoms with Crippen molar-refractivity contribution in [3.63, 3.8) is 0 Å². The van der Waals surface area contributed by atoms with E-state index in [-0.39, 0.29) is 11.4 Å². The highest BCUT2D eigenvalue weighted by Crippen LogP contribution is 2.40. The predicted octanol–water partition coefficient (Wildman–Crippen LogP) is 6.03. The lowest BCUT2D eigenvalue weighted by atomic mass is 9.95. The lowest BCUT2D eigenvalue weighted by molar-refractivity contribution is -0.129. The number of aryl methyl sites for hydroxylation is 2. The second-order valence-corrected chi connectivity index (χ2v) is 10.7. The number of ketones is 1. The Kier molecular flexibility index (Phi) is 10.7. The number of carbonyl (C=O) groups is 2. The highest BCUT2D eigenvalue weighted by molar-refractivity contribution is 7.14. The number of benzene rings is 1. The van der Waals surface area contributed by atoms with Crippen LogP contribution in [0.4, 0.5) is 0 Å². The number of nitrogens with zero attached hydrogens (tertiary/aromatic N) is 3. The second-order valence-electron chi connectivity index (χ2n) is 9.50. The third-order valence-corrected chi connectivity index (χ3v) is 7.96. The van der Waals surface area contributed by atoms with Gasteiger partial charge in [-0.15, -0.1) is 11.3 Å². The zero-order valence-corrected chi connectivity index (χ0v) is 23.7. The van der Waals surface area contributed by atoms with E-state index in [0.717, 1.165) is 55.2 Å². The van der Waals surface area contributed by atoms with E-state index in [9.17, 15) is 14.7 Å². The molecule has 2 aromatic rings. The molecular weight excluding hydrogens is 486 g/mol. The monoisotopic (exact) mass is 527 g/mol. The molecule has 8 heteroatoms. The van der Waals surface area contributed by atoms with Gasteiger partial charge in [0.05, 0.1) is 33.8 Å². The maximum Gasteiger partial charge on any atom is 0.290 e. The zero-order chi connectivity index (χ0) is 26.9. The van der Waals surface area contributed by atoms with Gasteiger partial charge < -0.3 is 19.6 Å². The quantitative estimate of drug-likeness (QED) is 0.225. The minimum atomic E-state index is -0.655. The van der Waals surface area contributed by atoms with E-state index in [4.69, 9.17) is 4.74 Å². The van der Waals surface area contributed by atoms with Crippen molar-refractivity contribution in [3.05, 3.63) is 56.7 Å². The van der Waals surface area contributed by atoms with E-state index in [1.54, 1.807) is 11.8 Å². The number of Topliss-reactive ketones (excluding diaryl/α,β-unsaturated/α-hetero) is 1. The Hall–Kier alpha value is -2.71. The normalized spacial score (nSPS) is 15.8. The molecule has 7 nitrogen and oxygen atoms in total. The topological polar surface area (TPSA) is 83.0 Å². The van der Waals surface area contributed by atoms with Crippen molar-refractivity contribution in [2.75, 3.05) is 32.8 Å². The molecule has 202 valence electrons. The maximum atomic E-state index is 13.7. The van der Waals surface area contributed by atoms with Crippen molar-refractivity contribution in [2.24, 2.45) is 0 Å². The number of hydrogen-bond acceptors (Lipinski definition) is 7. The van der Waals surface area contributed by atoms with E-state index in [0.29, 0.717) is 23.7 Å². The number of aliphatic hydroxyl groups excluding tert-OH is 1. The third kappa shape index (κ3) is 6.99. The molecule has 0 fully saturated rings. The summed E-state index contributed by atoms with van der Waals surface area (Å²) in [6.07, 6.45) is 5.29. The minimum Gasteiger partial charge on any atom is -0.503 e. The predicted molar refractivity (Wildman–Crippen MR) is 149 cm³/mol. The first kappa shape index (κ1) is 28.9. The summed E-state index contributed by atoms with van der Waals surface area (Å²) in [7, 11) is 0. The third-order valence-electron chi connectivity index (χ3n) is 6.89. The summed E-state index contributed by atoms with van der Waals surface area (Å²) < 4.78 is 5.90. The van der Waals surface area contributed by atoms with Crippen LogP contribution in [0.15, 0.2) is 35.6 Å². The number of unbranched alkanes of at least 4 members (excludes halogenated alkanes) is 3. The standard InChI is InChI=1S/C29H41N3O4S/c1-6-9-10-11-19-36-23-15-13-22(14-16-23)25-24(26(33)28-20(4)30-21(5)37-28)27(34)29(35)32(25)18-12-17-31(7-2)8-3/h13-16,25,34H,6-12,17-19H2,1-5H3. The van der Waals surface area contributed by atoms with E-state index in [2.05, 4.69) is 30.7 Å². The maximum absolute atomic E-state index is 13.7. The summed E-state index contributed by atoms with van der Waals surface area (Å²) in [4.78, 5) is 35.7. The van der Waals surface area contributed by atoms with Gasteiger partial charge in [0.2, 0.25) is 5.78 Å². The molecule has 1 N–H and O–H groups in total. The Morgan fingerprint density at radius 2 is 1.78 bits per heavy atom. The molecule has 0 bridgehead atoms. The molecule has 1 amide bonds. The molecular formula is C29H41N3O4S.